The number of benzene rings is 1. The zero-order valence-electron chi connectivity index (χ0n) is 18.6. The van der Waals surface area contributed by atoms with E-state index < -0.39 is 11.7 Å². The summed E-state index contributed by atoms with van der Waals surface area (Å²) in [6.45, 7) is 2.05. The van der Waals surface area contributed by atoms with Gasteiger partial charge < -0.3 is 15.0 Å². The molecule has 0 spiro atoms. The average Bonchev–Trinajstić information content (AvgIpc) is 3.64. The Morgan fingerprint density at radius 2 is 2.00 bits per heavy atom. The number of hydrogen-bond donors (Lipinski definition) is 1. The second kappa shape index (κ2) is 8.83. The van der Waals surface area contributed by atoms with Gasteiger partial charge in [0.15, 0.2) is 5.82 Å². The summed E-state index contributed by atoms with van der Waals surface area (Å²) >= 11 is 0. The van der Waals surface area contributed by atoms with Gasteiger partial charge in [-0.1, -0.05) is 0 Å². The van der Waals surface area contributed by atoms with E-state index in [9.17, 15) is 18.0 Å². The van der Waals surface area contributed by atoms with Crippen LogP contribution in [0.1, 0.15) is 42.7 Å². The molecule has 10 heteroatoms. The SMILES string of the molecule is CN1CCC[C@@H](Nc2nnc(-c3c(OC=O)cc(C(F)(F)F)cc3C3CC3)c3ccncc23)C1. The highest BCUT2D eigenvalue weighted by Crippen LogP contribution is 2.50. The summed E-state index contributed by atoms with van der Waals surface area (Å²) in [4.78, 5) is 17.7. The van der Waals surface area contributed by atoms with Crippen molar-refractivity contribution in [1.29, 1.82) is 0 Å². The Kier molecular flexibility index (Phi) is 5.85. The van der Waals surface area contributed by atoms with E-state index in [1.807, 2.05) is 0 Å². The van der Waals surface area contributed by atoms with E-state index >= 15 is 0 Å². The van der Waals surface area contributed by atoms with E-state index in [0.717, 1.165) is 50.9 Å². The lowest BCUT2D eigenvalue weighted by Crippen LogP contribution is -2.40. The topological polar surface area (TPSA) is 80.2 Å². The Labute approximate surface area is 194 Å². The fourth-order valence-corrected chi connectivity index (χ4v) is 4.68. The summed E-state index contributed by atoms with van der Waals surface area (Å²) in [5, 5.41) is 13.7. The molecule has 2 fully saturated rings. The van der Waals surface area contributed by atoms with Crippen LogP contribution in [0, 0.1) is 0 Å². The number of halogens is 3. The van der Waals surface area contributed by atoms with Crippen LogP contribution in [0.2, 0.25) is 0 Å². The summed E-state index contributed by atoms with van der Waals surface area (Å²) in [7, 11) is 2.07. The van der Waals surface area contributed by atoms with Crippen molar-refractivity contribution in [1.82, 2.24) is 20.1 Å². The van der Waals surface area contributed by atoms with E-state index in [0.29, 0.717) is 33.4 Å². The number of anilines is 1. The van der Waals surface area contributed by atoms with Gasteiger partial charge in [-0.3, -0.25) is 9.78 Å². The van der Waals surface area contributed by atoms with E-state index in [1.165, 1.54) is 0 Å². The predicted octanol–water partition coefficient (Wildman–Crippen LogP) is 4.63. The molecule has 2 aromatic heterocycles. The molecule has 1 atom stereocenters. The van der Waals surface area contributed by atoms with E-state index in [-0.39, 0.29) is 24.2 Å². The van der Waals surface area contributed by atoms with Crippen LogP contribution in [-0.4, -0.2) is 52.7 Å². The summed E-state index contributed by atoms with van der Waals surface area (Å²) in [6, 6.07) is 3.96. The molecule has 5 rings (SSSR count). The van der Waals surface area contributed by atoms with Gasteiger partial charge in [-0.2, -0.15) is 13.2 Å². The molecule has 3 heterocycles. The lowest BCUT2D eigenvalue weighted by molar-refractivity contribution is -0.138. The number of nitrogens with one attached hydrogen (secondary N) is 1. The van der Waals surface area contributed by atoms with Crippen molar-refractivity contribution < 1.29 is 22.7 Å². The minimum Gasteiger partial charge on any atom is -0.428 e. The molecular weight excluding hydrogens is 447 g/mol. The highest BCUT2D eigenvalue weighted by atomic mass is 19.4. The monoisotopic (exact) mass is 471 g/mol. The molecule has 2 aliphatic rings. The van der Waals surface area contributed by atoms with Gasteiger partial charge in [0, 0.05) is 41.3 Å². The maximum Gasteiger partial charge on any atom is 0.416 e. The van der Waals surface area contributed by atoms with Crippen LogP contribution < -0.4 is 10.1 Å². The molecule has 1 aliphatic carbocycles. The minimum absolute atomic E-state index is 0.0550. The van der Waals surface area contributed by atoms with Crippen LogP contribution in [-0.2, 0) is 11.0 Å². The van der Waals surface area contributed by atoms with Gasteiger partial charge in [0.2, 0.25) is 0 Å². The molecule has 0 unspecified atom stereocenters. The number of nitrogens with zero attached hydrogens (tertiary/aromatic N) is 4. The third kappa shape index (κ3) is 4.42. The van der Waals surface area contributed by atoms with Crippen LogP contribution >= 0.6 is 0 Å². The van der Waals surface area contributed by atoms with Crippen molar-refractivity contribution in [2.24, 2.45) is 0 Å². The molecule has 1 saturated heterocycles. The Bertz CT molecular complexity index is 1230. The van der Waals surface area contributed by atoms with Crippen molar-refractivity contribution in [3.63, 3.8) is 0 Å². The lowest BCUT2D eigenvalue weighted by Gasteiger charge is -2.30. The first-order valence-electron chi connectivity index (χ1n) is 11.3. The lowest BCUT2D eigenvalue weighted by atomic mass is 9.94. The van der Waals surface area contributed by atoms with Gasteiger partial charge in [-0.05, 0) is 69.0 Å². The van der Waals surface area contributed by atoms with Crippen molar-refractivity contribution in [2.75, 3.05) is 25.5 Å². The van der Waals surface area contributed by atoms with Gasteiger partial charge in [-0.15, -0.1) is 10.2 Å². The number of fused-ring (bicyclic) bond motifs is 1. The Morgan fingerprint density at radius 1 is 1.18 bits per heavy atom. The Balaban J connectivity index is 1.65. The van der Waals surface area contributed by atoms with E-state index in [1.54, 1.807) is 18.5 Å². The highest BCUT2D eigenvalue weighted by molar-refractivity contribution is 6.01. The fraction of sp³-hybridized carbons (Fsp3) is 0.417. The number of likely N-dealkylation sites (tertiary alicyclic amines) is 1. The van der Waals surface area contributed by atoms with Gasteiger partial charge >= 0.3 is 6.18 Å². The molecule has 0 radical (unpaired) electrons. The largest absolute Gasteiger partial charge is 0.428 e. The average molecular weight is 471 g/mol. The Morgan fingerprint density at radius 3 is 2.71 bits per heavy atom. The highest BCUT2D eigenvalue weighted by Gasteiger charge is 2.37. The van der Waals surface area contributed by atoms with Crippen LogP contribution in [0.5, 0.6) is 5.75 Å². The maximum atomic E-state index is 13.6. The molecule has 1 N–H and O–H groups in total. The molecule has 0 amide bonds. The summed E-state index contributed by atoms with van der Waals surface area (Å²) in [6.07, 6.45) is 2.29. The number of carbonyl (C=O) groups excluding carboxylic acids is 1. The van der Waals surface area contributed by atoms with E-state index in [4.69, 9.17) is 4.74 Å². The quantitative estimate of drug-likeness (QED) is 0.525. The maximum absolute atomic E-state index is 13.6. The first-order valence-corrected chi connectivity index (χ1v) is 11.3. The third-order valence-corrected chi connectivity index (χ3v) is 6.44. The minimum atomic E-state index is -4.57. The number of carbonyl (C=O) groups is 1. The molecule has 34 heavy (non-hydrogen) atoms. The van der Waals surface area contributed by atoms with Gasteiger partial charge in [0.25, 0.3) is 6.47 Å². The zero-order chi connectivity index (χ0) is 23.9. The van der Waals surface area contributed by atoms with Crippen LogP contribution in [0.3, 0.4) is 0 Å². The van der Waals surface area contributed by atoms with Crippen LogP contribution in [0.4, 0.5) is 19.0 Å². The number of ether oxygens (including phenoxy) is 1. The van der Waals surface area contributed by atoms with Gasteiger partial charge in [-0.25, -0.2) is 0 Å². The summed E-state index contributed by atoms with van der Waals surface area (Å²) < 4.78 is 45.8. The van der Waals surface area contributed by atoms with Crippen molar-refractivity contribution >= 4 is 23.1 Å². The molecule has 1 saturated carbocycles. The number of likely N-dealkylation sites (N-methyl/N-ethyl adjacent to an activating group) is 1. The second-order valence-corrected chi connectivity index (χ2v) is 8.99. The number of hydrogen-bond acceptors (Lipinski definition) is 7. The molecule has 1 aliphatic heterocycles. The first kappa shape index (κ1) is 22.5. The van der Waals surface area contributed by atoms with Crippen LogP contribution in [0.15, 0.2) is 30.6 Å². The van der Waals surface area contributed by atoms with Gasteiger partial charge in [0.1, 0.15) is 11.4 Å². The normalized spacial score (nSPS) is 19.2. The molecule has 1 aromatic carbocycles. The number of pyridine rings is 1. The summed E-state index contributed by atoms with van der Waals surface area (Å²) in [5.41, 5.74) is 0.355. The first-order chi connectivity index (χ1) is 16.3. The van der Waals surface area contributed by atoms with Crippen LogP contribution in [0.25, 0.3) is 22.0 Å². The van der Waals surface area contributed by atoms with Gasteiger partial charge in [0.05, 0.1) is 5.56 Å². The Hall–Kier alpha value is -3.27. The number of rotatable bonds is 6. The zero-order valence-corrected chi connectivity index (χ0v) is 18.6. The smallest absolute Gasteiger partial charge is 0.416 e. The number of alkyl halides is 3. The van der Waals surface area contributed by atoms with E-state index in [2.05, 4.69) is 32.4 Å². The molecule has 7 nitrogen and oxygen atoms in total. The van der Waals surface area contributed by atoms with Crippen molar-refractivity contribution in [2.45, 2.75) is 43.8 Å². The second-order valence-electron chi connectivity index (χ2n) is 8.99. The third-order valence-electron chi connectivity index (χ3n) is 6.44. The molecule has 178 valence electrons. The standard InChI is InChI=1S/C24H24F3N5O2/c1-32-8-2-3-16(12-32)29-23-19-11-28-7-6-17(19)22(30-31-23)21-18(14-4-5-14)9-15(24(25,26)27)10-20(21)34-13-33/h6-7,9-11,13-14,16H,2-5,8,12H2,1H3,(H,29,31)/t16-/m1/s1. The van der Waals surface area contributed by atoms with Crippen molar-refractivity contribution in [3.8, 4) is 17.0 Å². The molecule has 0 bridgehead atoms. The molecular formula is C24H24F3N5O2. The summed E-state index contributed by atoms with van der Waals surface area (Å²) in [5.74, 6) is 0.346. The fourth-order valence-electron chi connectivity index (χ4n) is 4.68. The molecule has 3 aromatic rings. The number of piperidine rings is 1. The predicted molar refractivity (Wildman–Crippen MR) is 121 cm³/mol. The number of aromatic nitrogens is 3. The van der Waals surface area contributed by atoms with Crippen molar-refractivity contribution in [3.05, 3.63) is 41.7 Å².